The molecule has 0 aromatic heterocycles. The van der Waals surface area contributed by atoms with E-state index in [0.717, 1.165) is 6.42 Å². The van der Waals surface area contributed by atoms with E-state index in [4.69, 9.17) is 14.3 Å². The van der Waals surface area contributed by atoms with Gasteiger partial charge < -0.3 is 14.3 Å². The Hall–Kier alpha value is -0.853. The molecule has 2 unspecified atom stereocenters. The van der Waals surface area contributed by atoms with Crippen molar-refractivity contribution in [3.63, 3.8) is 0 Å². The monoisotopic (exact) mass is 357 g/mol. The van der Waals surface area contributed by atoms with Crippen LogP contribution < -0.4 is 0 Å². The molecule has 5 nitrogen and oxygen atoms in total. The smallest absolute Gasteiger partial charge is 0.410 e. The topological polar surface area (TPSA) is 59.0 Å². The Labute approximate surface area is 148 Å². The Morgan fingerprint density at radius 3 is 2.29 bits per heavy atom. The lowest BCUT2D eigenvalue weighted by molar-refractivity contribution is 0.0237. The quantitative estimate of drug-likeness (QED) is 0.612. The number of aliphatic hydroxyl groups excluding tert-OH is 1. The second kappa shape index (κ2) is 7.58. The largest absolute Gasteiger partial charge is 0.444 e. The van der Waals surface area contributed by atoms with E-state index in [9.17, 15) is 4.79 Å². The molecule has 1 saturated heterocycles. The van der Waals surface area contributed by atoms with Crippen molar-refractivity contribution in [1.29, 1.82) is 0 Å². The van der Waals surface area contributed by atoms with Gasteiger partial charge in [-0.05, 0) is 45.3 Å². The molecular formula is C18H35NO4Si. The third kappa shape index (κ3) is 5.90. The summed E-state index contributed by atoms with van der Waals surface area (Å²) in [6.07, 6.45) is 3.97. The molecule has 2 atom stereocenters. The maximum absolute atomic E-state index is 12.5. The lowest BCUT2D eigenvalue weighted by Gasteiger charge is -2.38. The molecule has 1 N–H and O–H groups in total. The fraction of sp³-hybridized carbons (Fsp3) is 0.833. The van der Waals surface area contributed by atoms with Crippen LogP contribution in [-0.4, -0.2) is 55.3 Å². The summed E-state index contributed by atoms with van der Waals surface area (Å²) in [5.41, 5.74) is -0.527. The number of likely N-dealkylation sites (tertiary alicyclic amines) is 1. The Kier molecular flexibility index (Phi) is 6.69. The maximum atomic E-state index is 12.5. The molecule has 0 saturated carbocycles. The van der Waals surface area contributed by atoms with Gasteiger partial charge in [0.25, 0.3) is 0 Å². The molecule has 1 aliphatic heterocycles. The van der Waals surface area contributed by atoms with Gasteiger partial charge in [0.15, 0.2) is 8.32 Å². The van der Waals surface area contributed by atoms with Gasteiger partial charge in [0.05, 0.1) is 18.8 Å². The Balaban J connectivity index is 2.87. The van der Waals surface area contributed by atoms with E-state index >= 15 is 0 Å². The number of rotatable bonds is 4. The van der Waals surface area contributed by atoms with Gasteiger partial charge in [-0.2, -0.15) is 0 Å². The van der Waals surface area contributed by atoms with E-state index < -0.39 is 13.9 Å². The van der Waals surface area contributed by atoms with Crippen molar-refractivity contribution in [3.8, 4) is 0 Å². The van der Waals surface area contributed by atoms with Gasteiger partial charge in [0, 0.05) is 6.54 Å². The van der Waals surface area contributed by atoms with Crippen LogP contribution in [0.2, 0.25) is 18.1 Å². The molecule has 1 aliphatic rings. The molecule has 6 heteroatoms. The van der Waals surface area contributed by atoms with Crippen molar-refractivity contribution >= 4 is 14.4 Å². The highest BCUT2D eigenvalue weighted by atomic mass is 28.4. The average Bonchev–Trinajstić information content (AvgIpc) is 2.75. The first-order chi connectivity index (χ1) is 10.8. The first-order valence-electron chi connectivity index (χ1n) is 8.72. The second-order valence-electron chi connectivity index (χ2n) is 9.05. The van der Waals surface area contributed by atoms with Crippen LogP contribution in [0.5, 0.6) is 0 Å². The van der Waals surface area contributed by atoms with Crippen LogP contribution in [0.1, 0.15) is 48.0 Å². The van der Waals surface area contributed by atoms with Crippen molar-refractivity contribution in [2.45, 2.75) is 83.8 Å². The second-order valence-corrected chi connectivity index (χ2v) is 13.8. The molecule has 0 aromatic rings. The zero-order chi connectivity index (χ0) is 18.8. The van der Waals surface area contributed by atoms with Crippen LogP contribution in [-0.2, 0) is 9.16 Å². The highest BCUT2D eigenvalue weighted by Crippen LogP contribution is 2.39. The first kappa shape index (κ1) is 21.2. The summed E-state index contributed by atoms with van der Waals surface area (Å²) in [6, 6.07) is -0.0956. The molecule has 0 aliphatic carbocycles. The van der Waals surface area contributed by atoms with E-state index in [1.165, 1.54) is 0 Å². The number of aliphatic hydroxyl groups is 1. The number of hydrogen-bond acceptors (Lipinski definition) is 4. The van der Waals surface area contributed by atoms with Gasteiger partial charge in [0.1, 0.15) is 5.60 Å². The summed E-state index contributed by atoms with van der Waals surface area (Å²) in [4.78, 5) is 14.2. The summed E-state index contributed by atoms with van der Waals surface area (Å²) < 4.78 is 12.0. The van der Waals surface area contributed by atoms with E-state index in [1.807, 2.05) is 26.8 Å². The van der Waals surface area contributed by atoms with E-state index in [2.05, 4.69) is 33.9 Å². The van der Waals surface area contributed by atoms with Gasteiger partial charge in [-0.25, -0.2) is 4.79 Å². The number of ether oxygens (including phenoxy) is 1. The molecule has 1 amide bonds. The van der Waals surface area contributed by atoms with Crippen LogP contribution in [0.25, 0.3) is 0 Å². The van der Waals surface area contributed by atoms with Crippen LogP contribution in [0, 0.1) is 0 Å². The van der Waals surface area contributed by atoms with Crippen molar-refractivity contribution < 1.29 is 19.1 Å². The highest BCUT2D eigenvalue weighted by Gasteiger charge is 2.43. The van der Waals surface area contributed by atoms with Crippen molar-refractivity contribution in [3.05, 3.63) is 12.2 Å². The minimum atomic E-state index is -1.89. The van der Waals surface area contributed by atoms with Crippen LogP contribution in [0.4, 0.5) is 4.79 Å². The molecule has 0 bridgehead atoms. The SMILES string of the molecule is CC(C)(C)OC(=O)N1CC(O[Si](C)(C)C(C)(C)C)CC1C=CCO. The average molecular weight is 358 g/mol. The highest BCUT2D eigenvalue weighted by molar-refractivity contribution is 6.74. The number of amides is 1. The molecule has 0 spiro atoms. The predicted octanol–water partition coefficient (Wildman–Crippen LogP) is 3.93. The van der Waals surface area contributed by atoms with E-state index in [0.29, 0.717) is 6.54 Å². The molecule has 0 aromatic carbocycles. The minimum Gasteiger partial charge on any atom is -0.444 e. The van der Waals surface area contributed by atoms with E-state index in [1.54, 1.807) is 11.0 Å². The number of nitrogens with zero attached hydrogens (tertiary/aromatic N) is 1. The molecule has 0 radical (unpaired) electrons. The van der Waals surface area contributed by atoms with Crippen LogP contribution in [0.3, 0.4) is 0 Å². The van der Waals surface area contributed by atoms with Gasteiger partial charge in [0.2, 0.25) is 0 Å². The Morgan fingerprint density at radius 1 is 1.25 bits per heavy atom. The summed E-state index contributed by atoms with van der Waals surface area (Å²) in [5.74, 6) is 0. The Bertz CT molecular complexity index is 463. The summed E-state index contributed by atoms with van der Waals surface area (Å²) in [5, 5.41) is 9.18. The summed E-state index contributed by atoms with van der Waals surface area (Å²) in [7, 11) is -1.89. The van der Waals surface area contributed by atoms with E-state index in [-0.39, 0.29) is 29.9 Å². The molecule has 1 fully saturated rings. The Morgan fingerprint density at radius 2 is 1.83 bits per heavy atom. The number of carbonyl (C=O) groups excluding carboxylic acids is 1. The van der Waals surface area contributed by atoms with Crippen LogP contribution in [0.15, 0.2) is 12.2 Å². The van der Waals surface area contributed by atoms with Crippen LogP contribution >= 0.6 is 0 Å². The zero-order valence-electron chi connectivity index (χ0n) is 16.5. The lowest BCUT2D eigenvalue weighted by atomic mass is 10.2. The zero-order valence-corrected chi connectivity index (χ0v) is 17.5. The van der Waals surface area contributed by atoms with Crippen molar-refractivity contribution in [1.82, 2.24) is 4.90 Å². The van der Waals surface area contributed by atoms with Crippen molar-refractivity contribution in [2.24, 2.45) is 0 Å². The van der Waals surface area contributed by atoms with Gasteiger partial charge in [-0.15, -0.1) is 0 Å². The number of carbonyl (C=O) groups is 1. The lowest BCUT2D eigenvalue weighted by Crippen LogP contribution is -2.45. The third-order valence-electron chi connectivity index (χ3n) is 4.66. The number of hydrogen-bond donors (Lipinski definition) is 1. The minimum absolute atomic E-state index is 0.00625. The molecule has 1 heterocycles. The fourth-order valence-electron chi connectivity index (χ4n) is 2.44. The first-order valence-corrected chi connectivity index (χ1v) is 11.6. The third-order valence-corrected chi connectivity index (χ3v) is 9.20. The maximum Gasteiger partial charge on any atom is 0.410 e. The van der Waals surface area contributed by atoms with Gasteiger partial charge in [-0.1, -0.05) is 32.9 Å². The van der Waals surface area contributed by atoms with Gasteiger partial charge >= 0.3 is 6.09 Å². The molecule has 24 heavy (non-hydrogen) atoms. The normalized spacial score (nSPS) is 23.1. The van der Waals surface area contributed by atoms with Crippen molar-refractivity contribution in [2.75, 3.05) is 13.2 Å². The molecule has 140 valence electrons. The van der Waals surface area contributed by atoms with Gasteiger partial charge in [-0.3, -0.25) is 4.90 Å². The predicted molar refractivity (Wildman–Crippen MR) is 99.6 cm³/mol. The standard InChI is InChI=1S/C18H35NO4Si/c1-17(2,3)22-16(21)19-13-15(12-14(19)10-9-11-20)23-24(7,8)18(4,5)6/h9-10,14-15,20H,11-13H2,1-8H3. The summed E-state index contributed by atoms with van der Waals surface area (Å²) >= 11 is 0. The molecular weight excluding hydrogens is 322 g/mol. The molecule has 1 rings (SSSR count). The fourth-order valence-corrected chi connectivity index (χ4v) is 3.79. The summed E-state index contributed by atoms with van der Waals surface area (Å²) in [6.45, 7) is 17.2.